The maximum Gasteiger partial charge on any atom is 1.00 e. The van der Waals surface area contributed by atoms with Crippen molar-refractivity contribution in [2.24, 2.45) is 20.5 Å². The van der Waals surface area contributed by atoms with Gasteiger partial charge >= 0.3 is 69.7 Å². The predicted molar refractivity (Wildman–Crippen MR) is 134 cm³/mol. The van der Waals surface area contributed by atoms with Gasteiger partial charge in [0.25, 0.3) is 5.69 Å². The molecule has 0 spiro atoms. The Hall–Kier alpha value is -3.13. The molecular weight excluding hydrogens is 602 g/mol. The molecule has 0 heterocycles. The second-order valence-electron chi connectivity index (χ2n) is 7.25. The van der Waals surface area contributed by atoms with Crippen LogP contribution >= 0.6 is 0 Å². The summed E-state index contributed by atoms with van der Waals surface area (Å²) in [7, 11) is -8.15. The molecular formula is C22H14N6Na2O9S2. The molecule has 19 heteroatoms. The number of nitrogens with zero attached hydrogens (tertiary/aromatic N) is 5. The number of nitrogens with two attached hydrogens (primary N) is 1. The second-order valence-corrected chi connectivity index (χ2v) is 9.01. The Morgan fingerprint density at radius 1 is 0.902 bits per heavy atom. The Labute approximate surface area is 277 Å². The molecule has 0 aromatic heterocycles. The Kier molecular flexibility index (Phi) is 13.8. The molecule has 4 aromatic carbocycles. The van der Waals surface area contributed by atoms with E-state index in [0.29, 0.717) is 5.69 Å². The Bertz CT molecular complexity index is 1830. The van der Waals surface area contributed by atoms with E-state index >= 15 is 0 Å². The molecule has 41 heavy (non-hydrogen) atoms. The van der Waals surface area contributed by atoms with Crippen molar-refractivity contribution in [3.8, 4) is 5.75 Å². The van der Waals surface area contributed by atoms with Crippen LogP contribution in [-0.2, 0) is 20.7 Å². The van der Waals surface area contributed by atoms with Crippen molar-refractivity contribution in [1.29, 1.82) is 0 Å². The first kappa shape index (κ1) is 35.9. The fourth-order valence-electron chi connectivity index (χ4n) is 3.11. The number of phenols is 1. The molecule has 0 aliphatic heterocycles. The molecule has 0 radical (unpaired) electrons. The summed E-state index contributed by atoms with van der Waals surface area (Å²) in [6.45, 7) is 0. The predicted octanol–water partition coefficient (Wildman–Crippen LogP) is -1.43. The number of anilines is 1. The quantitative estimate of drug-likeness (QED) is 0.0486. The molecule has 4 rings (SSSR count). The summed E-state index contributed by atoms with van der Waals surface area (Å²) in [5.41, 5.74) is 5.98. The molecule has 0 atom stereocenters. The molecule has 0 bridgehead atoms. The zero-order chi connectivity index (χ0) is 28.7. The van der Waals surface area contributed by atoms with Crippen molar-refractivity contribution in [2.75, 3.05) is 5.73 Å². The van der Waals surface area contributed by atoms with E-state index in [1.165, 1.54) is 30.3 Å². The van der Waals surface area contributed by atoms with Gasteiger partial charge in [-0.05, 0) is 35.6 Å². The monoisotopic (exact) mass is 616 g/mol. The van der Waals surface area contributed by atoms with Crippen molar-refractivity contribution in [3.05, 3.63) is 82.9 Å². The van der Waals surface area contributed by atoms with Crippen molar-refractivity contribution in [3.63, 3.8) is 0 Å². The number of aromatic hydroxyl groups is 1. The van der Waals surface area contributed by atoms with Gasteiger partial charge in [0.2, 0.25) is 0 Å². The summed E-state index contributed by atoms with van der Waals surface area (Å²) >= 11 is 0. The summed E-state index contributed by atoms with van der Waals surface area (Å²) in [5, 5.41) is 37.3. The minimum atomic E-state index is -5.04. The van der Waals surface area contributed by atoms with Crippen LogP contribution in [0.4, 0.5) is 34.1 Å². The molecule has 0 saturated heterocycles. The number of fused-ring (bicyclic) bond motifs is 1. The largest absolute Gasteiger partial charge is 1.00 e. The molecule has 0 aliphatic rings. The average Bonchev–Trinajstić information content (AvgIpc) is 2.87. The van der Waals surface area contributed by atoms with Crippen LogP contribution < -0.4 is 64.8 Å². The molecule has 0 aliphatic carbocycles. The topological polar surface area (TPSA) is 247 Å². The van der Waals surface area contributed by atoms with Crippen molar-refractivity contribution in [2.45, 2.75) is 4.90 Å². The molecule has 0 unspecified atom stereocenters. The van der Waals surface area contributed by atoms with Crippen LogP contribution in [0.2, 0.25) is 0 Å². The Morgan fingerprint density at radius 3 is 1.98 bits per heavy atom. The third-order valence-corrected chi connectivity index (χ3v) is 5.63. The maximum atomic E-state index is 11.9. The number of nitro groups is 1. The number of phenolic OH excluding ortho intramolecular Hbond substituents is 1. The van der Waals surface area contributed by atoms with Crippen LogP contribution in [-0.4, -0.2) is 35.6 Å². The average molecular weight is 617 g/mol. The summed E-state index contributed by atoms with van der Waals surface area (Å²) in [6, 6.07) is 18.5. The van der Waals surface area contributed by atoms with E-state index < -0.39 is 42.0 Å². The molecule has 0 fully saturated rings. The standard InChI is InChI=1S/C22H15N6O6S.2Na.O3S/c23-20-17(26-24-15-7-9-16(10-8-15)28(30)31)11-6-13-12-18(35(32,33)34)21(22(29)19(13)20)27-25-14-4-2-1-3-5-14;;;1-4(2)3/h1-10,12,29H,23H2,(H,32,33,34);;;/q-1;2*+1;/p-1. The summed E-state index contributed by atoms with van der Waals surface area (Å²) in [6.07, 6.45) is 0. The SMILES string of the molecule is Nc1c(N=Nc2ccc([N+](=O)[O-])cc2)[c-]cc2cc(S(=O)(=O)[O-])c(N=Nc3ccccc3)c(O)c12.O=S(=O)=O.[Na+].[Na+]. The minimum Gasteiger partial charge on any atom is -0.744 e. The van der Waals surface area contributed by atoms with E-state index in [1.807, 2.05) is 0 Å². The van der Waals surface area contributed by atoms with Gasteiger partial charge in [-0.15, -0.1) is 23.1 Å². The number of hydrogen-bond donors (Lipinski definition) is 2. The molecule has 15 nitrogen and oxygen atoms in total. The van der Waals surface area contributed by atoms with Gasteiger partial charge < -0.3 is 15.4 Å². The van der Waals surface area contributed by atoms with Gasteiger partial charge in [0.15, 0.2) is 0 Å². The molecule has 0 saturated carbocycles. The van der Waals surface area contributed by atoms with Gasteiger partial charge in [-0.25, -0.2) is 8.42 Å². The van der Waals surface area contributed by atoms with Crippen LogP contribution in [0, 0.1) is 16.2 Å². The first-order chi connectivity index (χ1) is 18.4. The normalized spacial score (nSPS) is 10.9. The molecule has 3 N–H and O–H groups in total. The van der Waals surface area contributed by atoms with E-state index in [9.17, 15) is 28.2 Å². The third-order valence-electron chi connectivity index (χ3n) is 4.78. The van der Waals surface area contributed by atoms with Crippen LogP contribution in [0.3, 0.4) is 0 Å². The van der Waals surface area contributed by atoms with Crippen molar-refractivity contribution in [1.82, 2.24) is 0 Å². The van der Waals surface area contributed by atoms with E-state index in [4.69, 9.17) is 18.4 Å². The van der Waals surface area contributed by atoms with Gasteiger partial charge in [-0.1, -0.05) is 29.7 Å². The number of non-ortho nitro benzene ring substituents is 1. The van der Waals surface area contributed by atoms with Gasteiger partial charge in [0, 0.05) is 12.1 Å². The van der Waals surface area contributed by atoms with Gasteiger partial charge in [0.1, 0.15) is 21.6 Å². The fraction of sp³-hybridized carbons (Fsp3) is 0. The zero-order valence-electron chi connectivity index (χ0n) is 21.2. The number of benzene rings is 4. The third kappa shape index (κ3) is 9.73. The number of rotatable bonds is 6. The number of hydrogen-bond acceptors (Lipinski definition) is 14. The van der Waals surface area contributed by atoms with E-state index in [0.717, 1.165) is 6.07 Å². The first-order valence-corrected chi connectivity index (χ1v) is 12.6. The van der Waals surface area contributed by atoms with E-state index in [1.54, 1.807) is 30.3 Å². The second kappa shape index (κ2) is 15.8. The Balaban J connectivity index is 0.00000131. The van der Waals surface area contributed by atoms with Gasteiger partial charge in [0.05, 0.1) is 21.2 Å². The van der Waals surface area contributed by atoms with Crippen LogP contribution in [0.25, 0.3) is 10.8 Å². The molecule has 0 amide bonds. The van der Waals surface area contributed by atoms with E-state index in [-0.39, 0.29) is 92.6 Å². The zero-order valence-corrected chi connectivity index (χ0v) is 26.8. The maximum absolute atomic E-state index is 11.9. The number of nitro benzene ring substituents is 1. The smallest absolute Gasteiger partial charge is 0.744 e. The van der Waals surface area contributed by atoms with E-state index in [2.05, 4.69) is 26.5 Å². The Morgan fingerprint density at radius 2 is 1.44 bits per heavy atom. The van der Waals surface area contributed by atoms with Gasteiger partial charge in [-0.2, -0.15) is 27.5 Å². The summed E-state index contributed by atoms with van der Waals surface area (Å²) in [5.74, 6) is -0.685. The van der Waals surface area contributed by atoms with Gasteiger partial charge in [-0.3, -0.25) is 10.1 Å². The molecule has 4 aromatic rings. The summed E-state index contributed by atoms with van der Waals surface area (Å²) in [4.78, 5) is 9.43. The number of azo groups is 2. The van der Waals surface area contributed by atoms with Crippen LogP contribution in [0.5, 0.6) is 5.75 Å². The fourth-order valence-corrected chi connectivity index (χ4v) is 3.76. The van der Waals surface area contributed by atoms with Crippen molar-refractivity contribution >= 4 is 65.6 Å². The number of nitrogen functional groups attached to an aromatic ring is 1. The molecule has 200 valence electrons. The first-order valence-electron chi connectivity index (χ1n) is 10.2. The van der Waals surface area contributed by atoms with Crippen LogP contribution in [0.15, 0.2) is 92.1 Å². The van der Waals surface area contributed by atoms with Crippen LogP contribution in [0.1, 0.15) is 0 Å². The minimum absolute atomic E-state index is 0. The summed E-state index contributed by atoms with van der Waals surface area (Å²) < 4.78 is 60.9. The van der Waals surface area contributed by atoms with Crippen molar-refractivity contribution < 1.29 is 94.7 Å².